The van der Waals surface area contributed by atoms with Crippen molar-refractivity contribution < 1.29 is 13.9 Å². The largest absolute Gasteiger partial charge is 0.487 e. The van der Waals surface area contributed by atoms with Gasteiger partial charge < -0.3 is 9.15 Å². The van der Waals surface area contributed by atoms with Crippen molar-refractivity contribution in [3.8, 4) is 5.75 Å². The molecule has 0 unspecified atom stereocenters. The third-order valence-electron chi connectivity index (χ3n) is 5.07. The quantitative estimate of drug-likeness (QED) is 0.594. The van der Waals surface area contributed by atoms with Crippen molar-refractivity contribution in [3.63, 3.8) is 0 Å². The minimum atomic E-state index is -0.407. The number of Topliss-reactive ketones (excluding diaryl/α,β-unsaturated/α-hetero) is 1. The van der Waals surface area contributed by atoms with Crippen LogP contribution in [0, 0.1) is 6.92 Å². The van der Waals surface area contributed by atoms with Gasteiger partial charge in [0, 0.05) is 12.5 Å². The van der Waals surface area contributed by atoms with Crippen molar-refractivity contribution in [1.29, 1.82) is 0 Å². The number of ether oxygens (including phenoxy) is 1. The summed E-state index contributed by atoms with van der Waals surface area (Å²) in [5.74, 6) is 0.801. The van der Waals surface area contributed by atoms with Crippen LogP contribution in [0.25, 0.3) is 11.0 Å². The molecule has 0 aliphatic carbocycles. The molecule has 0 saturated heterocycles. The second kappa shape index (κ2) is 6.32. The highest BCUT2D eigenvalue weighted by Gasteiger charge is 2.33. The molecule has 2 aromatic rings. The lowest BCUT2D eigenvalue weighted by molar-refractivity contribution is 0.0863. The number of benzene rings is 1. The van der Waals surface area contributed by atoms with Crippen LogP contribution in [0.4, 0.5) is 0 Å². The molecule has 0 atom stereocenters. The van der Waals surface area contributed by atoms with Crippen LogP contribution in [0.5, 0.6) is 5.75 Å². The van der Waals surface area contributed by atoms with E-state index in [2.05, 4.69) is 20.8 Å². The molecule has 1 aromatic carbocycles. The summed E-state index contributed by atoms with van der Waals surface area (Å²) < 4.78 is 11.9. The Morgan fingerprint density at radius 2 is 2.00 bits per heavy atom. The monoisotopic (exact) mass is 342 g/mol. The predicted molar refractivity (Wildman–Crippen MR) is 98.9 cm³/mol. The first-order valence-corrected chi connectivity index (χ1v) is 9.13. The molecule has 0 N–H and O–H groups in total. The minimum Gasteiger partial charge on any atom is -0.487 e. The number of carbonyl (C=O) groups excluding carboxylic acids is 1. The lowest BCUT2D eigenvalue weighted by Gasteiger charge is -2.35. The molecular weight excluding hydrogens is 316 g/mol. The van der Waals surface area contributed by atoms with Gasteiger partial charge in [-0.2, -0.15) is 0 Å². The third-order valence-corrected chi connectivity index (χ3v) is 5.07. The van der Waals surface area contributed by atoms with E-state index in [0.717, 1.165) is 53.5 Å². The Balaban J connectivity index is 2.49. The van der Waals surface area contributed by atoms with Gasteiger partial charge in [-0.05, 0) is 56.7 Å². The molecule has 1 aliphatic heterocycles. The first-order chi connectivity index (χ1) is 11.8. The molecule has 25 heavy (non-hydrogen) atoms. The normalized spacial score (nSPS) is 15.7. The van der Waals surface area contributed by atoms with Gasteiger partial charge in [-0.15, -0.1) is 0 Å². The topological polar surface area (TPSA) is 56.5 Å². The first kappa shape index (κ1) is 17.7. The van der Waals surface area contributed by atoms with Crippen LogP contribution in [-0.4, -0.2) is 11.4 Å². The summed E-state index contributed by atoms with van der Waals surface area (Å²) in [6, 6.07) is 1.55. The van der Waals surface area contributed by atoms with E-state index in [1.807, 2.05) is 13.8 Å². The molecule has 0 bridgehead atoms. The number of carbonyl (C=O) groups is 1. The summed E-state index contributed by atoms with van der Waals surface area (Å²) in [7, 11) is 0. The molecule has 0 spiro atoms. The van der Waals surface area contributed by atoms with Gasteiger partial charge >= 0.3 is 5.63 Å². The number of ketones is 1. The molecule has 1 aliphatic rings. The summed E-state index contributed by atoms with van der Waals surface area (Å²) in [6.07, 6.45) is 3.79. The zero-order valence-electron chi connectivity index (χ0n) is 15.7. The van der Waals surface area contributed by atoms with Gasteiger partial charge in [0.1, 0.15) is 11.4 Å². The van der Waals surface area contributed by atoms with Gasteiger partial charge in [-0.3, -0.25) is 4.79 Å². The zero-order chi connectivity index (χ0) is 18.4. The van der Waals surface area contributed by atoms with E-state index in [0.29, 0.717) is 17.6 Å². The maximum atomic E-state index is 12.6. The number of hydrogen-bond acceptors (Lipinski definition) is 4. The van der Waals surface area contributed by atoms with Crippen molar-refractivity contribution in [2.45, 2.75) is 72.3 Å². The van der Waals surface area contributed by atoms with E-state index >= 15 is 0 Å². The van der Waals surface area contributed by atoms with Crippen LogP contribution < -0.4 is 10.4 Å². The molecule has 4 heteroatoms. The van der Waals surface area contributed by atoms with Crippen molar-refractivity contribution in [3.05, 3.63) is 38.7 Å². The van der Waals surface area contributed by atoms with E-state index < -0.39 is 5.63 Å². The number of fused-ring (bicyclic) bond motifs is 3. The molecule has 0 fully saturated rings. The van der Waals surface area contributed by atoms with Crippen LogP contribution >= 0.6 is 0 Å². The van der Waals surface area contributed by atoms with Crippen LogP contribution in [0.2, 0.25) is 0 Å². The Morgan fingerprint density at radius 3 is 2.64 bits per heavy atom. The molecule has 2 heterocycles. The van der Waals surface area contributed by atoms with Gasteiger partial charge in [0.15, 0.2) is 11.4 Å². The van der Waals surface area contributed by atoms with E-state index in [4.69, 9.17) is 9.15 Å². The SMILES string of the molecule is CCCc1cc(=O)oc2c(C(=O)CC)c(C)c3c(c12)OC(C)(C)CC3. The number of hydrogen-bond donors (Lipinski definition) is 0. The lowest BCUT2D eigenvalue weighted by atomic mass is 9.85. The average Bonchev–Trinajstić information content (AvgIpc) is 2.53. The highest BCUT2D eigenvalue weighted by atomic mass is 16.5. The van der Waals surface area contributed by atoms with E-state index in [-0.39, 0.29) is 11.4 Å². The molecular formula is C21H26O4. The zero-order valence-corrected chi connectivity index (χ0v) is 15.7. The van der Waals surface area contributed by atoms with Gasteiger partial charge in [-0.25, -0.2) is 4.79 Å². The molecule has 0 saturated carbocycles. The van der Waals surface area contributed by atoms with Crippen LogP contribution in [0.1, 0.15) is 74.0 Å². The Morgan fingerprint density at radius 1 is 1.28 bits per heavy atom. The first-order valence-electron chi connectivity index (χ1n) is 9.13. The van der Waals surface area contributed by atoms with Crippen molar-refractivity contribution >= 4 is 16.8 Å². The van der Waals surface area contributed by atoms with E-state index in [1.165, 1.54) is 0 Å². The maximum Gasteiger partial charge on any atom is 0.336 e. The van der Waals surface area contributed by atoms with Gasteiger partial charge in [0.2, 0.25) is 0 Å². The highest BCUT2D eigenvalue weighted by molar-refractivity contribution is 6.10. The van der Waals surface area contributed by atoms with Gasteiger partial charge in [0.05, 0.1) is 10.9 Å². The summed E-state index contributed by atoms with van der Waals surface area (Å²) in [5.41, 5.74) is 3.15. The van der Waals surface area contributed by atoms with E-state index in [1.54, 1.807) is 6.07 Å². The Hall–Kier alpha value is -2.10. The summed E-state index contributed by atoms with van der Waals surface area (Å²) in [4.78, 5) is 24.8. The highest BCUT2D eigenvalue weighted by Crippen LogP contribution is 2.44. The molecule has 1 aromatic heterocycles. The standard InChI is InChI=1S/C21H26O4/c1-6-8-13-11-16(23)24-20-17(15(22)7-2)12(3)14-9-10-21(4,5)25-19(14)18(13)20/h11H,6-10H2,1-5H3. The molecule has 3 rings (SSSR count). The van der Waals surface area contributed by atoms with Crippen LogP contribution in [0.3, 0.4) is 0 Å². The Kier molecular flexibility index (Phi) is 4.48. The second-order valence-corrected chi connectivity index (χ2v) is 7.49. The van der Waals surface area contributed by atoms with Gasteiger partial charge in [0.25, 0.3) is 0 Å². The predicted octanol–water partition coefficient (Wildman–Crippen LogP) is 4.75. The van der Waals surface area contributed by atoms with Crippen molar-refractivity contribution in [1.82, 2.24) is 0 Å². The molecule has 0 amide bonds. The number of aryl methyl sites for hydroxylation is 1. The second-order valence-electron chi connectivity index (χ2n) is 7.49. The molecule has 0 radical (unpaired) electrons. The summed E-state index contributed by atoms with van der Waals surface area (Å²) >= 11 is 0. The summed E-state index contributed by atoms with van der Waals surface area (Å²) in [6.45, 7) is 9.99. The van der Waals surface area contributed by atoms with Crippen LogP contribution in [0.15, 0.2) is 15.3 Å². The Bertz CT molecular complexity index is 902. The van der Waals surface area contributed by atoms with Crippen molar-refractivity contribution in [2.24, 2.45) is 0 Å². The lowest BCUT2D eigenvalue weighted by Crippen LogP contribution is -2.33. The fraction of sp³-hybridized carbons (Fsp3) is 0.524. The number of rotatable bonds is 4. The molecule has 134 valence electrons. The van der Waals surface area contributed by atoms with Crippen LogP contribution in [-0.2, 0) is 12.8 Å². The molecule has 4 nitrogen and oxygen atoms in total. The fourth-order valence-electron chi connectivity index (χ4n) is 3.75. The Labute approximate surface area is 148 Å². The smallest absolute Gasteiger partial charge is 0.336 e. The fourth-order valence-corrected chi connectivity index (χ4v) is 3.75. The van der Waals surface area contributed by atoms with E-state index in [9.17, 15) is 9.59 Å². The third kappa shape index (κ3) is 2.99. The maximum absolute atomic E-state index is 12.6. The minimum absolute atomic E-state index is 0.00642. The van der Waals surface area contributed by atoms with Crippen molar-refractivity contribution in [2.75, 3.05) is 0 Å². The average molecular weight is 342 g/mol. The van der Waals surface area contributed by atoms with Gasteiger partial charge in [-0.1, -0.05) is 20.3 Å². The summed E-state index contributed by atoms with van der Waals surface area (Å²) in [5, 5.41) is 0.812.